The van der Waals surface area contributed by atoms with Gasteiger partial charge in [0.1, 0.15) is 0 Å². The van der Waals surface area contributed by atoms with E-state index < -0.39 is 24.4 Å². The third-order valence-electron chi connectivity index (χ3n) is 3.02. The van der Waals surface area contributed by atoms with E-state index in [0.29, 0.717) is 5.56 Å². The van der Waals surface area contributed by atoms with Crippen molar-refractivity contribution in [3.05, 3.63) is 70.2 Å². The van der Waals surface area contributed by atoms with Crippen LogP contribution in [0.5, 0.6) is 0 Å². The molecule has 2 aromatic rings. The summed E-state index contributed by atoms with van der Waals surface area (Å²) in [5, 5.41) is 0.259. The summed E-state index contributed by atoms with van der Waals surface area (Å²) in [6.07, 6.45) is 0. The van der Waals surface area contributed by atoms with Crippen molar-refractivity contribution in [3.8, 4) is 0 Å². The molecule has 124 valence electrons. The van der Waals surface area contributed by atoms with Gasteiger partial charge in [0.15, 0.2) is 6.61 Å². The number of halogens is 1. The van der Waals surface area contributed by atoms with Gasteiger partial charge in [0.25, 0.3) is 11.8 Å². The van der Waals surface area contributed by atoms with E-state index >= 15 is 0 Å². The smallest absolute Gasteiger partial charge is 0.338 e. The highest BCUT2D eigenvalue weighted by molar-refractivity contribution is 6.33. The van der Waals surface area contributed by atoms with Crippen LogP contribution in [0.25, 0.3) is 0 Å². The van der Waals surface area contributed by atoms with E-state index in [4.69, 9.17) is 16.3 Å². The van der Waals surface area contributed by atoms with Crippen LogP contribution in [0.1, 0.15) is 26.3 Å². The van der Waals surface area contributed by atoms with E-state index in [-0.39, 0.29) is 10.6 Å². The molecule has 0 spiro atoms. The molecule has 0 aliphatic heterocycles. The average molecular weight is 347 g/mol. The molecule has 24 heavy (non-hydrogen) atoms. The number of rotatable bonds is 4. The van der Waals surface area contributed by atoms with Crippen LogP contribution in [-0.4, -0.2) is 24.4 Å². The van der Waals surface area contributed by atoms with Gasteiger partial charge in [0.05, 0.1) is 16.1 Å². The lowest BCUT2D eigenvalue weighted by molar-refractivity contribution is -0.125. The first-order chi connectivity index (χ1) is 11.5. The zero-order valence-electron chi connectivity index (χ0n) is 12.8. The van der Waals surface area contributed by atoms with E-state index in [1.54, 1.807) is 36.4 Å². The highest BCUT2D eigenvalue weighted by Crippen LogP contribution is 2.14. The number of hydrogen-bond donors (Lipinski definition) is 2. The molecule has 0 aliphatic carbocycles. The molecule has 0 unspecified atom stereocenters. The summed E-state index contributed by atoms with van der Waals surface area (Å²) in [5.41, 5.74) is 5.82. The van der Waals surface area contributed by atoms with Gasteiger partial charge in [-0.05, 0) is 31.2 Å². The molecular weight excluding hydrogens is 332 g/mol. The molecule has 0 aliphatic rings. The molecule has 0 aromatic heterocycles. The second-order valence-corrected chi connectivity index (χ2v) is 5.33. The number of ether oxygens (including phenoxy) is 1. The first kappa shape index (κ1) is 17.5. The maximum absolute atomic E-state index is 11.8. The highest BCUT2D eigenvalue weighted by Gasteiger charge is 2.13. The van der Waals surface area contributed by atoms with Crippen LogP contribution >= 0.6 is 11.6 Å². The second kappa shape index (κ2) is 8.12. The Morgan fingerprint density at radius 3 is 2.50 bits per heavy atom. The number of hydrogen-bond acceptors (Lipinski definition) is 4. The summed E-state index contributed by atoms with van der Waals surface area (Å²) in [5.74, 6) is -1.86. The van der Waals surface area contributed by atoms with Crippen molar-refractivity contribution in [2.75, 3.05) is 6.61 Å². The SMILES string of the molecule is Cc1cccc(C(=O)OCC(=O)NNC(=O)c2ccccc2Cl)c1. The van der Waals surface area contributed by atoms with Gasteiger partial charge in [-0.25, -0.2) is 4.79 Å². The molecule has 0 bridgehead atoms. The third-order valence-corrected chi connectivity index (χ3v) is 3.35. The van der Waals surface area contributed by atoms with Gasteiger partial charge in [-0.2, -0.15) is 0 Å². The first-order valence-electron chi connectivity index (χ1n) is 7.05. The standard InChI is InChI=1S/C17H15ClN2O4/c1-11-5-4-6-12(9-11)17(23)24-10-15(21)19-20-16(22)13-7-2-3-8-14(13)18/h2-9H,10H2,1H3,(H,19,21)(H,20,22). The summed E-state index contributed by atoms with van der Waals surface area (Å²) in [6, 6.07) is 13.2. The Morgan fingerprint density at radius 1 is 1.04 bits per heavy atom. The monoisotopic (exact) mass is 346 g/mol. The molecule has 0 saturated heterocycles. The zero-order chi connectivity index (χ0) is 17.5. The van der Waals surface area contributed by atoms with Crippen molar-refractivity contribution in [1.29, 1.82) is 0 Å². The van der Waals surface area contributed by atoms with Crippen LogP contribution in [0, 0.1) is 6.92 Å². The van der Waals surface area contributed by atoms with Gasteiger partial charge >= 0.3 is 5.97 Å². The van der Waals surface area contributed by atoms with E-state index in [0.717, 1.165) is 5.56 Å². The largest absolute Gasteiger partial charge is 0.452 e. The number of esters is 1. The van der Waals surface area contributed by atoms with Gasteiger partial charge in [-0.15, -0.1) is 0 Å². The van der Waals surface area contributed by atoms with Gasteiger partial charge in [-0.3, -0.25) is 20.4 Å². The van der Waals surface area contributed by atoms with Gasteiger partial charge in [0, 0.05) is 0 Å². The molecule has 0 atom stereocenters. The lowest BCUT2D eigenvalue weighted by Gasteiger charge is -2.09. The number of hydrazine groups is 1. The molecule has 0 radical (unpaired) electrons. The highest BCUT2D eigenvalue weighted by atomic mass is 35.5. The Morgan fingerprint density at radius 2 is 1.79 bits per heavy atom. The van der Waals surface area contributed by atoms with Crippen molar-refractivity contribution in [3.63, 3.8) is 0 Å². The van der Waals surface area contributed by atoms with Crippen molar-refractivity contribution in [2.45, 2.75) is 6.92 Å². The topological polar surface area (TPSA) is 84.5 Å². The minimum Gasteiger partial charge on any atom is -0.452 e. The lowest BCUT2D eigenvalue weighted by Crippen LogP contribution is -2.43. The number of benzene rings is 2. The molecule has 0 saturated carbocycles. The Hall–Kier alpha value is -2.86. The molecule has 2 N–H and O–H groups in total. The van der Waals surface area contributed by atoms with Gasteiger partial charge < -0.3 is 4.74 Å². The molecule has 7 heteroatoms. The summed E-state index contributed by atoms with van der Waals surface area (Å²) >= 11 is 5.87. The van der Waals surface area contributed by atoms with Crippen molar-refractivity contribution >= 4 is 29.4 Å². The van der Waals surface area contributed by atoms with Crippen LogP contribution in [0.3, 0.4) is 0 Å². The predicted molar refractivity (Wildman–Crippen MR) is 88.5 cm³/mol. The third kappa shape index (κ3) is 4.82. The number of nitrogens with one attached hydrogen (secondary N) is 2. The van der Waals surface area contributed by atoms with Crippen molar-refractivity contribution < 1.29 is 19.1 Å². The summed E-state index contributed by atoms with van der Waals surface area (Å²) in [6.45, 7) is 1.32. The van der Waals surface area contributed by atoms with Crippen LogP contribution in [0.15, 0.2) is 48.5 Å². The summed E-state index contributed by atoms with van der Waals surface area (Å²) in [4.78, 5) is 35.3. The Balaban J connectivity index is 1.80. The summed E-state index contributed by atoms with van der Waals surface area (Å²) < 4.78 is 4.88. The molecular formula is C17H15ClN2O4. The minimum absolute atomic E-state index is 0.219. The zero-order valence-corrected chi connectivity index (χ0v) is 13.6. The van der Waals surface area contributed by atoms with Crippen molar-refractivity contribution in [2.24, 2.45) is 0 Å². The Bertz CT molecular complexity index is 777. The fraction of sp³-hybridized carbons (Fsp3) is 0.118. The van der Waals surface area contributed by atoms with Crippen LogP contribution in [0.4, 0.5) is 0 Å². The molecule has 2 amide bonds. The van der Waals surface area contributed by atoms with Crippen LogP contribution in [-0.2, 0) is 9.53 Å². The van der Waals surface area contributed by atoms with E-state index in [2.05, 4.69) is 10.9 Å². The second-order valence-electron chi connectivity index (χ2n) is 4.93. The van der Waals surface area contributed by atoms with Crippen molar-refractivity contribution in [1.82, 2.24) is 10.9 Å². The number of carbonyl (C=O) groups is 3. The number of amides is 2. The lowest BCUT2D eigenvalue weighted by atomic mass is 10.1. The fourth-order valence-corrected chi connectivity index (χ4v) is 2.08. The number of carbonyl (C=O) groups excluding carboxylic acids is 3. The maximum Gasteiger partial charge on any atom is 0.338 e. The Labute approximate surface area is 143 Å². The fourth-order valence-electron chi connectivity index (χ4n) is 1.86. The van der Waals surface area contributed by atoms with E-state index in [9.17, 15) is 14.4 Å². The first-order valence-corrected chi connectivity index (χ1v) is 7.42. The van der Waals surface area contributed by atoms with Crippen LogP contribution in [0.2, 0.25) is 5.02 Å². The van der Waals surface area contributed by atoms with Gasteiger partial charge in [-0.1, -0.05) is 41.4 Å². The average Bonchev–Trinajstić information content (AvgIpc) is 2.58. The predicted octanol–water partition coefficient (Wildman–Crippen LogP) is 2.27. The number of aryl methyl sites for hydroxylation is 1. The normalized spacial score (nSPS) is 9.92. The van der Waals surface area contributed by atoms with E-state index in [1.165, 1.54) is 6.07 Å². The summed E-state index contributed by atoms with van der Waals surface area (Å²) in [7, 11) is 0. The van der Waals surface area contributed by atoms with Gasteiger partial charge in [0.2, 0.25) is 0 Å². The molecule has 2 aromatic carbocycles. The van der Waals surface area contributed by atoms with Crippen LogP contribution < -0.4 is 10.9 Å². The molecule has 6 nitrogen and oxygen atoms in total. The Kier molecular flexibility index (Phi) is 5.92. The minimum atomic E-state index is -0.670. The quantitative estimate of drug-likeness (QED) is 0.657. The molecule has 0 fully saturated rings. The molecule has 0 heterocycles. The van der Waals surface area contributed by atoms with E-state index in [1.807, 2.05) is 13.0 Å². The maximum atomic E-state index is 11.8. The molecule has 2 rings (SSSR count).